The number of pyridine rings is 2. The Morgan fingerprint density at radius 3 is 2.48 bits per heavy atom. The van der Waals surface area contributed by atoms with Crippen LogP contribution in [0, 0.1) is 0 Å². The molecular weight excluding hydrogens is 567 g/mol. The molecule has 6 rings (SSSR count). The summed E-state index contributed by atoms with van der Waals surface area (Å²) in [5.41, 5.74) is 2.67. The topological polar surface area (TPSA) is 70.6 Å². The van der Waals surface area contributed by atoms with E-state index in [0.29, 0.717) is 46.0 Å². The molecule has 0 spiro atoms. The molecule has 0 radical (unpaired) electrons. The Morgan fingerprint density at radius 2 is 1.75 bits per heavy atom. The van der Waals surface area contributed by atoms with Crippen LogP contribution in [0.15, 0.2) is 72.9 Å². The fourth-order valence-corrected chi connectivity index (χ4v) is 6.31. The molecule has 0 unspecified atom stereocenters. The summed E-state index contributed by atoms with van der Waals surface area (Å²) >= 11 is 0. The zero-order chi connectivity index (χ0) is 30.7. The third-order valence-corrected chi connectivity index (χ3v) is 8.68. The van der Waals surface area contributed by atoms with Gasteiger partial charge in [-0.05, 0) is 62.7 Å². The van der Waals surface area contributed by atoms with Gasteiger partial charge in [0.15, 0.2) is 0 Å². The Kier molecular flexibility index (Phi) is 8.93. The monoisotopic (exact) mass is 603 g/mol. The van der Waals surface area contributed by atoms with Crippen LogP contribution >= 0.6 is 0 Å². The van der Waals surface area contributed by atoms with E-state index in [0.717, 1.165) is 69.9 Å². The zero-order valence-electron chi connectivity index (χ0n) is 24.7. The minimum absolute atomic E-state index is 0.301. The summed E-state index contributed by atoms with van der Waals surface area (Å²) in [6.07, 6.45) is -0.973. The van der Waals surface area contributed by atoms with E-state index in [4.69, 9.17) is 9.72 Å². The zero-order valence-corrected chi connectivity index (χ0v) is 24.7. The van der Waals surface area contributed by atoms with Crippen molar-refractivity contribution in [1.29, 1.82) is 0 Å². The fourth-order valence-electron chi connectivity index (χ4n) is 6.31. The highest BCUT2D eigenvalue weighted by molar-refractivity contribution is 6.07. The van der Waals surface area contributed by atoms with Crippen LogP contribution in [0.5, 0.6) is 0 Å². The summed E-state index contributed by atoms with van der Waals surface area (Å²) in [5.74, 6) is -0.334. The number of ether oxygens (including phenoxy) is 1. The van der Waals surface area contributed by atoms with E-state index >= 15 is 0 Å². The number of alkyl halides is 3. The predicted molar refractivity (Wildman–Crippen MR) is 163 cm³/mol. The number of likely N-dealkylation sites (tertiary alicyclic amines) is 1. The molecule has 0 saturated carbocycles. The molecule has 2 saturated heterocycles. The molecule has 230 valence electrons. The lowest BCUT2D eigenvalue weighted by Crippen LogP contribution is -2.48. The molecular formula is C34H36F3N5O2. The SMILES string of the molecule is C[C@H](NC(=O)c1c(CN2CCC(N3CCOCC3)CC2)c(-c2cccc(C(F)(F)F)c2)nc2cccnc12)c1ccccc1. The second-order valence-corrected chi connectivity index (χ2v) is 11.5. The molecule has 7 nitrogen and oxygen atoms in total. The van der Waals surface area contributed by atoms with Gasteiger partial charge in [-0.3, -0.25) is 19.6 Å². The van der Waals surface area contributed by atoms with Crippen molar-refractivity contribution in [3.05, 3.63) is 95.2 Å². The lowest BCUT2D eigenvalue weighted by Gasteiger charge is -2.40. The molecule has 10 heteroatoms. The number of hydrogen-bond donors (Lipinski definition) is 1. The molecule has 2 fully saturated rings. The molecule has 1 atom stereocenters. The number of fused-ring (bicyclic) bond motifs is 1. The summed E-state index contributed by atoms with van der Waals surface area (Å²) in [4.78, 5) is 28.3. The van der Waals surface area contributed by atoms with E-state index in [1.807, 2.05) is 37.3 Å². The number of amides is 1. The second-order valence-electron chi connectivity index (χ2n) is 11.5. The van der Waals surface area contributed by atoms with Crippen LogP contribution in [0.2, 0.25) is 0 Å². The number of carbonyl (C=O) groups excluding carboxylic acids is 1. The first-order chi connectivity index (χ1) is 21.3. The molecule has 1 amide bonds. The first kappa shape index (κ1) is 30.2. The molecule has 0 bridgehead atoms. The van der Waals surface area contributed by atoms with Gasteiger partial charge in [-0.1, -0.05) is 42.5 Å². The summed E-state index contributed by atoms with van der Waals surface area (Å²) < 4.78 is 46.9. The number of piperidine rings is 1. The van der Waals surface area contributed by atoms with Gasteiger partial charge in [-0.15, -0.1) is 0 Å². The summed E-state index contributed by atoms with van der Waals surface area (Å²) in [5, 5.41) is 3.12. The maximum absolute atomic E-state index is 14.2. The largest absolute Gasteiger partial charge is 0.416 e. The number of morpholine rings is 1. The van der Waals surface area contributed by atoms with E-state index in [1.165, 1.54) is 6.07 Å². The van der Waals surface area contributed by atoms with Gasteiger partial charge in [0.25, 0.3) is 5.91 Å². The average Bonchev–Trinajstić information content (AvgIpc) is 3.05. The van der Waals surface area contributed by atoms with Crippen molar-refractivity contribution in [2.75, 3.05) is 39.4 Å². The molecule has 2 aromatic heterocycles. The Hall–Kier alpha value is -3.86. The Bertz CT molecular complexity index is 1600. The van der Waals surface area contributed by atoms with Crippen LogP contribution in [0.3, 0.4) is 0 Å². The molecule has 1 N–H and O–H groups in total. The summed E-state index contributed by atoms with van der Waals surface area (Å²) in [7, 11) is 0. The molecule has 2 aliphatic heterocycles. The normalized spacial score (nSPS) is 17.9. The van der Waals surface area contributed by atoms with Gasteiger partial charge in [0.05, 0.1) is 41.6 Å². The van der Waals surface area contributed by atoms with Crippen LogP contribution in [-0.4, -0.2) is 71.1 Å². The van der Waals surface area contributed by atoms with Gasteiger partial charge in [0.1, 0.15) is 5.52 Å². The van der Waals surface area contributed by atoms with E-state index in [2.05, 4.69) is 20.1 Å². The number of halogens is 3. The van der Waals surface area contributed by atoms with Gasteiger partial charge >= 0.3 is 6.18 Å². The van der Waals surface area contributed by atoms with E-state index in [1.54, 1.807) is 24.4 Å². The smallest absolute Gasteiger partial charge is 0.379 e. The Labute approximate surface area is 255 Å². The van der Waals surface area contributed by atoms with Crippen molar-refractivity contribution in [1.82, 2.24) is 25.1 Å². The van der Waals surface area contributed by atoms with E-state index in [-0.39, 0.29) is 11.9 Å². The van der Waals surface area contributed by atoms with Gasteiger partial charge in [-0.2, -0.15) is 13.2 Å². The van der Waals surface area contributed by atoms with Crippen LogP contribution in [0.4, 0.5) is 13.2 Å². The minimum atomic E-state index is -4.51. The first-order valence-electron chi connectivity index (χ1n) is 15.1. The quantitative estimate of drug-likeness (QED) is 0.275. The van der Waals surface area contributed by atoms with Crippen LogP contribution < -0.4 is 5.32 Å². The van der Waals surface area contributed by atoms with Crippen LogP contribution in [0.1, 0.15) is 52.9 Å². The third-order valence-electron chi connectivity index (χ3n) is 8.68. The summed E-state index contributed by atoms with van der Waals surface area (Å²) in [6.45, 7) is 7.21. The van der Waals surface area contributed by atoms with Crippen molar-refractivity contribution < 1.29 is 22.7 Å². The number of aromatic nitrogens is 2. The molecule has 2 aromatic carbocycles. The number of benzene rings is 2. The van der Waals surface area contributed by atoms with Crippen molar-refractivity contribution in [2.24, 2.45) is 0 Å². The first-order valence-corrected chi connectivity index (χ1v) is 15.1. The van der Waals surface area contributed by atoms with E-state index < -0.39 is 11.7 Å². The highest BCUT2D eigenvalue weighted by Crippen LogP contribution is 2.36. The number of rotatable bonds is 7. The van der Waals surface area contributed by atoms with Gasteiger partial charge in [0.2, 0.25) is 0 Å². The molecule has 44 heavy (non-hydrogen) atoms. The van der Waals surface area contributed by atoms with Crippen LogP contribution in [0.25, 0.3) is 22.3 Å². The predicted octanol–water partition coefficient (Wildman–Crippen LogP) is 6.10. The van der Waals surface area contributed by atoms with Gasteiger partial charge in [-0.25, -0.2) is 4.98 Å². The average molecular weight is 604 g/mol. The van der Waals surface area contributed by atoms with Crippen molar-refractivity contribution in [2.45, 2.75) is 44.6 Å². The molecule has 2 aliphatic rings. The fraction of sp³-hybridized carbons (Fsp3) is 0.382. The Morgan fingerprint density at radius 1 is 1.00 bits per heavy atom. The highest BCUT2D eigenvalue weighted by Gasteiger charge is 2.32. The molecule has 0 aliphatic carbocycles. The third kappa shape index (κ3) is 6.62. The number of nitrogens with one attached hydrogen (secondary N) is 1. The van der Waals surface area contributed by atoms with Crippen molar-refractivity contribution in [3.63, 3.8) is 0 Å². The number of hydrogen-bond acceptors (Lipinski definition) is 6. The van der Waals surface area contributed by atoms with E-state index in [9.17, 15) is 18.0 Å². The summed E-state index contributed by atoms with van der Waals surface area (Å²) in [6, 6.07) is 18.5. The Balaban J connectivity index is 1.41. The van der Waals surface area contributed by atoms with Crippen molar-refractivity contribution in [3.8, 4) is 11.3 Å². The lowest BCUT2D eigenvalue weighted by atomic mass is 9.95. The number of carbonyl (C=O) groups is 1. The number of nitrogens with zero attached hydrogens (tertiary/aromatic N) is 4. The highest BCUT2D eigenvalue weighted by atomic mass is 19.4. The van der Waals surface area contributed by atoms with Crippen LogP contribution in [-0.2, 0) is 17.5 Å². The minimum Gasteiger partial charge on any atom is -0.379 e. The maximum Gasteiger partial charge on any atom is 0.416 e. The maximum atomic E-state index is 14.2. The standard InChI is InChI=1S/C34H36F3N5O2/c1-23(24-7-3-2-4-8-24)39-33(43)30-28(22-41-15-12-27(13-16-41)42-17-19-44-20-18-42)31(40-29-11-6-14-38-32(29)30)25-9-5-10-26(21-25)34(35,36)37/h2-11,14,21,23,27H,12-13,15-20,22H2,1H3,(H,39,43)/t23-/m0/s1. The second kappa shape index (κ2) is 13.0. The lowest BCUT2D eigenvalue weighted by molar-refractivity contribution is -0.137. The van der Waals surface area contributed by atoms with Crippen molar-refractivity contribution >= 4 is 16.9 Å². The molecule has 4 aromatic rings. The molecule has 4 heterocycles. The van der Waals surface area contributed by atoms with Gasteiger partial charge < -0.3 is 10.1 Å². The van der Waals surface area contributed by atoms with Gasteiger partial charge in [0, 0.05) is 43.0 Å².